The number of nitrogens with one attached hydrogen (secondary N) is 1. The van der Waals surface area contributed by atoms with Crippen LogP contribution < -0.4 is 5.32 Å². The van der Waals surface area contributed by atoms with Gasteiger partial charge in [-0.05, 0) is 6.42 Å². The van der Waals surface area contributed by atoms with E-state index in [9.17, 15) is 19.0 Å². The summed E-state index contributed by atoms with van der Waals surface area (Å²) in [6.45, 7) is 1.45. The van der Waals surface area contributed by atoms with Gasteiger partial charge < -0.3 is 20.2 Å². The van der Waals surface area contributed by atoms with E-state index in [-0.39, 0.29) is 25.3 Å². The molecule has 0 aliphatic heterocycles. The van der Waals surface area contributed by atoms with E-state index in [1.807, 2.05) is 0 Å². The molecule has 0 aromatic carbocycles. The third-order valence-electron chi connectivity index (χ3n) is 1.68. The molecule has 0 heterocycles. The normalized spacial score (nSPS) is 16.0. The maximum atomic E-state index is 10.8. The first kappa shape index (κ1) is 14.7. The summed E-state index contributed by atoms with van der Waals surface area (Å²) < 4.78 is 21.2. The van der Waals surface area contributed by atoms with Gasteiger partial charge in [0.05, 0.1) is 0 Å². The van der Waals surface area contributed by atoms with Gasteiger partial charge in [0.15, 0.2) is 0 Å². The molecule has 0 aromatic heterocycles. The first-order valence-electron chi connectivity index (χ1n) is 4.10. The molecule has 7 nitrogen and oxygen atoms in total. The fraction of sp³-hybridized carbons (Fsp3) is 0.833. The molecule has 1 unspecified atom stereocenters. The Morgan fingerprint density at radius 3 is 2.40 bits per heavy atom. The van der Waals surface area contributed by atoms with Crippen LogP contribution in [-0.2, 0) is 13.9 Å². The van der Waals surface area contributed by atoms with Gasteiger partial charge in [0, 0.05) is 19.9 Å². The molecular weight excluding hydrogens is 244 g/mol. The average molecular weight is 257 g/mol. The van der Waals surface area contributed by atoms with Gasteiger partial charge in [-0.15, -0.1) is 0 Å². The van der Waals surface area contributed by atoms with Crippen molar-refractivity contribution in [1.82, 2.24) is 5.32 Å². The zero-order valence-electron chi connectivity index (χ0n) is 8.08. The van der Waals surface area contributed by atoms with E-state index in [0.29, 0.717) is 0 Å². The largest absolute Gasteiger partial charge is 0.368 e. The number of carbonyl (C=O) groups excluding carboxylic acids is 1. The van der Waals surface area contributed by atoms with Crippen molar-refractivity contribution in [2.75, 3.05) is 6.54 Å². The number of hydrogen-bond donors (Lipinski definition) is 4. The number of carbonyl (C=O) groups is 1. The summed E-state index contributed by atoms with van der Waals surface area (Å²) in [7, 11) is -5.86. The molecule has 0 spiro atoms. The summed E-state index contributed by atoms with van der Waals surface area (Å²) in [5.41, 5.74) is 0. The second-order valence-electron chi connectivity index (χ2n) is 3.00. The van der Waals surface area contributed by atoms with Crippen LogP contribution in [0.4, 0.5) is 0 Å². The van der Waals surface area contributed by atoms with Crippen LogP contribution in [0.25, 0.3) is 0 Å². The first-order valence-corrected chi connectivity index (χ1v) is 6.52. The Morgan fingerprint density at radius 1 is 1.53 bits per heavy atom. The van der Waals surface area contributed by atoms with Crippen molar-refractivity contribution >= 4 is 22.0 Å². The van der Waals surface area contributed by atoms with Crippen molar-refractivity contribution in [3.8, 4) is 0 Å². The van der Waals surface area contributed by atoms with Gasteiger partial charge in [0.1, 0.15) is 0 Å². The van der Waals surface area contributed by atoms with Crippen LogP contribution in [0.1, 0.15) is 19.8 Å². The minimum absolute atomic E-state index is 0.121. The Kier molecular flexibility index (Phi) is 5.56. The smallest absolute Gasteiger partial charge is 0.368 e. The Hall–Kier alpha value is -0.320. The molecule has 0 saturated carbocycles. The van der Waals surface area contributed by atoms with E-state index in [1.54, 1.807) is 0 Å². The monoisotopic (exact) mass is 257 g/mol. The Morgan fingerprint density at radius 2 is 2.07 bits per heavy atom. The van der Waals surface area contributed by atoms with Crippen LogP contribution in [0.5, 0.6) is 0 Å². The van der Waals surface area contributed by atoms with Crippen LogP contribution in [0.3, 0.4) is 0 Å². The van der Waals surface area contributed by atoms with Crippen molar-refractivity contribution in [3.63, 3.8) is 0 Å². The summed E-state index contributed by atoms with van der Waals surface area (Å²) in [6.07, 6.45) is -0.237. The maximum Gasteiger partial charge on any atom is 0.368 e. The first-order chi connectivity index (χ1) is 6.73. The summed E-state index contributed by atoms with van der Waals surface area (Å²) in [5, 5.41) is 9.16. The lowest BCUT2D eigenvalue weighted by Gasteiger charge is -2.21. The van der Waals surface area contributed by atoms with Gasteiger partial charge in [0.2, 0.25) is 19.5 Å². The van der Waals surface area contributed by atoms with Crippen LogP contribution in [0.2, 0.25) is 0 Å². The van der Waals surface area contributed by atoms with Crippen molar-refractivity contribution in [1.29, 1.82) is 0 Å². The highest BCUT2D eigenvalue weighted by Gasteiger charge is 2.46. The van der Waals surface area contributed by atoms with E-state index in [1.165, 1.54) is 6.92 Å². The second kappa shape index (κ2) is 5.68. The number of hydrogen-bond acceptors (Lipinski definition) is 4. The number of amides is 1. The highest BCUT2D eigenvalue weighted by Crippen LogP contribution is 2.57. The molecule has 0 aromatic rings. The standard InChI is InChI=1S/C6H13NO6P2/c1-5(8)7-4-2-3-6(9,14-10)15(11,12)13/h9H,2-4H2,1H3,(H,7,8)(H2,11,12,13). The maximum absolute atomic E-state index is 10.8. The Bertz CT molecular complexity index is 289. The van der Waals surface area contributed by atoms with Crippen LogP contribution in [0.15, 0.2) is 0 Å². The summed E-state index contributed by atoms with van der Waals surface area (Å²) in [6, 6.07) is 0. The van der Waals surface area contributed by atoms with Crippen molar-refractivity contribution in [3.05, 3.63) is 0 Å². The second-order valence-corrected chi connectivity index (χ2v) is 6.10. The number of aliphatic hydroxyl groups is 1. The van der Waals surface area contributed by atoms with Crippen molar-refractivity contribution in [2.24, 2.45) is 0 Å². The molecular formula is C6H13NO6P2. The topological polar surface area (TPSA) is 124 Å². The zero-order chi connectivity index (χ0) is 12.1. The van der Waals surface area contributed by atoms with Crippen LogP contribution in [-0.4, -0.2) is 32.4 Å². The molecule has 0 aliphatic carbocycles. The number of rotatable bonds is 6. The quantitative estimate of drug-likeness (QED) is 0.392. The molecule has 9 heteroatoms. The van der Waals surface area contributed by atoms with Gasteiger partial charge in [-0.3, -0.25) is 13.9 Å². The predicted octanol–water partition coefficient (Wildman–Crippen LogP) is 0.0182. The van der Waals surface area contributed by atoms with Crippen molar-refractivity contribution in [2.45, 2.75) is 24.8 Å². The Labute approximate surface area is 88.2 Å². The highest BCUT2D eigenvalue weighted by molar-refractivity contribution is 7.63. The molecule has 0 rings (SSSR count). The van der Waals surface area contributed by atoms with E-state index in [0.717, 1.165) is 0 Å². The molecule has 0 bridgehead atoms. The molecule has 0 radical (unpaired) electrons. The average Bonchev–Trinajstić information content (AvgIpc) is 2.09. The van der Waals surface area contributed by atoms with Crippen LogP contribution in [0, 0.1) is 0 Å². The summed E-state index contributed by atoms with van der Waals surface area (Å²) >= 11 is 0. The zero-order valence-corrected chi connectivity index (χ0v) is 9.87. The molecule has 0 saturated heterocycles. The van der Waals surface area contributed by atoms with Gasteiger partial charge in [-0.2, -0.15) is 0 Å². The lowest BCUT2D eigenvalue weighted by molar-refractivity contribution is -0.118. The van der Waals surface area contributed by atoms with Gasteiger partial charge in [-0.1, -0.05) is 0 Å². The molecule has 0 fully saturated rings. The predicted molar refractivity (Wildman–Crippen MR) is 52.5 cm³/mol. The fourth-order valence-corrected chi connectivity index (χ4v) is 1.96. The van der Waals surface area contributed by atoms with Crippen molar-refractivity contribution < 1.29 is 28.8 Å². The summed E-state index contributed by atoms with van der Waals surface area (Å²) in [4.78, 5) is 27.9. The van der Waals surface area contributed by atoms with Crippen LogP contribution >= 0.6 is 16.1 Å². The fourth-order valence-electron chi connectivity index (χ4n) is 0.834. The third-order valence-corrected chi connectivity index (χ3v) is 4.37. The van der Waals surface area contributed by atoms with E-state index >= 15 is 0 Å². The molecule has 1 amide bonds. The van der Waals surface area contributed by atoms with Gasteiger partial charge in [-0.25, -0.2) is 0 Å². The highest BCUT2D eigenvalue weighted by atomic mass is 31.2. The Balaban J connectivity index is 4.18. The van der Waals surface area contributed by atoms with E-state index in [2.05, 4.69) is 5.32 Å². The summed E-state index contributed by atoms with van der Waals surface area (Å²) in [5.74, 6) is -0.283. The molecule has 4 N–H and O–H groups in total. The molecule has 1 atom stereocenters. The van der Waals surface area contributed by atoms with Gasteiger partial charge >= 0.3 is 7.60 Å². The van der Waals surface area contributed by atoms with E-state index in [4.69, 9.17) is 9.79 Å². The lowest BCUT2D eigenvalue weighted by atomic mass is 10.3. The lowest BCUT2D eigenvalue weighted by Crippen LogP contribution is -2.25. The minimum Gasteiger partial charge on any atom is -0.368 e. The minimum atomic E-state index is -4.83. The molecule has 15 heavy (non-hydrogen) atoms. The molecule has 0 aliphatic rings. The van der Waals surface area contributed by atoms with E-state index < -0.39 is 21.1 Å². The third kappa shape index (κ3) is 4.82. The molecule has 88 valence electrons. The van der Waals surface area contributed by atoms with Gasteiger partial charge in [0.25, 0.3) is 0 Å². The SMILES string of the molecule is CC(=O)NCCCC(O)(P=O)P(=O)(O)O.